The maximum absolute atomic E-state index is 12.9. The number of hydrogen-bond acceptors (Lipinski definition) is 3. The van der Waals surface area contributed by atoms with Gasteiger partial charge in [-0.05, 0) is 42.2 Å². The Bertz CT molecular complexity index is 687. The highest BCUT2D eigenvalue weighted by atomic mass is 19.4. The molecule has 0 spiro atoms. The number of fused-ring (bicyclic) bond motifs is 2. The van der Waals surface area contributed by atoms with Crippen molar-refractivity contribution in [1.82, 2.24) is 0 Å². The van der Waals surface area contributed by atoms with Crippen molar-refractivity contribution in [3.8, 4) is 0 Å². The van der Waals surface area contributed by atoms with Crippen LogP contribution in [-0.2, 0) is 6.18 Å². The zero-order valence-electron chi connectivity index (χ0n) is 14.0. The van der Waals surface area contributed by atoms with Gasteiger partial charge in [0, 0.05) is 18.7 Å². The monoisotopic (exact) mass is 342 g/mol. The van der Waals surface area contributed by atoms with Gasteiger partial charge in [-0.3, -0.25) is 10.1 Å². The molecule has 1 saturated heterocycles. The van der Waals surface area contributed by atoms with Crippen molar-refractivity contribution in [2.45, 2.75) is 52.3 Å². The number of alkyl halides is 3. The van der Waals surface area contributed by atoms with Crippen LogP contribution >= 0.6 is 0 Å². The maximum atomic E-state index is 12.9. The highest BCUT2D eigenvalue weighted by molar-refractivity contribution is 5.66. The first kappa shape index (κ1) is 17.0. The van der Waals surface area contributed by atoms with Crippen LogP contribution in [0.3, 0.4) is 0 Å². The van der Waals surface area contributed by atoms with E-state index in [-0.39, 0.29) is 16.9 Å². The summed E-state index contributed by atoms with van der Waals surface area (Å²) < 4.78 is 38.6. The third kappa shape index (κ3) is 2.96. The molecule has 7 heteroatoms. The largest absolute Gasteiger partial charge is 0.416 e. The molecule has 0 amide bonds. The molecule has 0 N–H and O–H groups in total. The number of hydrogen-bond donors (Lipinski definition) is 0. The third-order valence-electron chi connectivity index (χ3n) is 5.22. The molecule has 0 aromatic heterocycles. The van der Waals surface area contributed by atoms with Crippen molar-refractivity contribution in [3.05, 3.63) is 33.9 Å². The molecule has 0 radical (unpaired) electrons. The normalized spacial score (nSPS) is 28.9. The fourth-order valence-electron chi connectivity index (χ4n) is 4.83. The van der Waals surface area contributed by atoms with E-state index in [1.54, 1.807) is 0 Å². The first-order valence-corrected chi connectivity index (χ1v) is 8.03. The molecule has 1 heterocycles. The maximum Gasteiger partial charge on any atom is 0.416 e. The van der Waals surface area contributed by atoms with Crippen LogP contribution in [-0.4, -0.2) is 17.5 Å². The number of anilines is 1. The standard InChI is InChI=1S/C17H21F3N2O2/c1-15(2)7-12-8-16(3,9-15)10-21(12)13-5-4-11(17(18,19)20)6-14(13)22(23)24/h4-6,12H,7-10H2,1-3H3/t12-,16+/m1/s1. The minimum atomic E-state index is -4.59. The van der Waals surface area contributed by atoms with Crippen LogP contribution in [0, 0.1) is 20.9 Å². The predicted octanol–water partition coefficient (Wildman–Crippen LogP) is 5.02. The molecule has 2 atom stereocenters. The minimum Gasteiger partial charge on any atom is -0.362 e. The Morgan fingerprint density at radius 2 is 1.92 bits per heavy atom. The second-order valence-electron chi connectivity index (χ2n) is 8.30. The molecule has 1 aromatic rings. The van der Waals surface area contributed by atoms with Gasteiger partial charge in [0.25, 0.3) is 5.69 Å². The van der Waals surface area contributed by atoms with Gasteiger partial charge in [0.15, 0.2) is 0 Å². The highest BCUT2D eigenvalue weighted by Crippen LogP contribution is 2.54. The Hall–Kier alpha value is -1.79. The zero-order valence-corrected chi connectivity index (χ0v) is 14.0. The third-order valence-corrected chi connectivity index (χ3v) is 5.22. The van der Waals surface area contributed by atoms with Gasteiger partial charge < -0.3 is 4.90 Å². The number of rotatable bonds is 2. The first-order chi connectivity index (χ1) is 10.9. The van der Waals surface area contributed by atoms with Gasteiger partial charge in [-0.25, -0.2) is 0 Å². The van der Waals surface area contributed by atoms with Crippen molar-refractivity contribution < 1.29 is 18.1 Å². The molecule has 132 valence electrons. The van der Waals surface area contributed by atoms with Crippen molar-refractivity contribution in [3.63, 3.8) is 0 Å². The summed E-state index contributed by atoms with van der Waals surface area (Å²) in [5, 5.41) is 11.4. The quantitative estimate of drug-likeness (QED) is 0.560. The van der Waals surface area contributed by atoms with Gasteiger partial charge in [-0.1, -0.05) is 20.8 Å². The summed E-state index contributed by atoms with van der Waals surface area (Å²) >= 11 is 0. The van der Waals surface area contributed by atoms with E-state index in [0.717, 1.165) is 25.3 Å². The van der Waals surface area contributed by atoms with E-state index in [0.29, 0.717) is 18.3 Å². The van der Waals surface area contributed by atoms with Crippen LogP contribution in [0.2, 0.25) is 0 Å². The van der Waals surface area contributed by atoms with E-state index in [2.05, 4.69) is 20.8 Å². The lowest BCUT2D eigenvalue weighted by Crippen LogP contribution is -2.34. The van der Waals surface area contributed by atoms with Crippen molar-refractivity contribution in [1.29, 1.82) is 0 Å². The Morgan fingerprint density at radius 3 is 2.50 bits per heavy atom. The van der Waals surface area contributed by atoms with E-state index in [9.17, 15) is 23.3 Å². The molecule has 4 nitrogen and oxygen atoms in total. The van der Waals surface area contributed by atoms with Crippen molar-refractivity contribution in [2.24, 2.45) is 10.8 Å². The summed E-state index contributed by atoms with van der Waals surface area (Å²) in [6.45, 7) is 7.17. The van der Waals surface area contributed by atoms with Crippen LogP contribution in [0.25, 0.3) is 0 Å². The molecule has 2 bridgehead atoms. The van der Waals surface area contributed by atoms with E-state index in [4.69, 9.17) is 0 Å². The van der Waals surface area contributed by atoms with E-state index < -0.39 is 22.4 Å². The summed E-state index contributed by atoms with van der Waals surface area (Å²) in [5.41, 5.74) is -0.958. The molecule has 24 heavy (non-hydrogen) atoms. The Morgan fingerprint density at radius 1 is 1.25 bits per heavy atom. The lowest BCUT2D eigenvalue weighted by molar-refractivity contribution is -0.384. The fraction of sp³-hybridized carbons (Fsp3) is 0.647. The molecular weight excluding hydrogens is 321 g/mol. The van der Waals surface area contributed by atoms with E-state index in [1.165, 1.54) is 6.07 Å². The van der Waals surface area contributed by atoms with E-state index in [1.807, 2.05) is 4.90 Å². The second kappa shape index (κ2) is 5.10. The summed E-state index contributed by atoms with van der Waals surface area (Å²) in [7, 11) is 0. The van der Waals surface area contributed by atoms with Crippen molar-refractivity contribution >= 4 is 11.4 Å². The number of nitro benzene ring substituents is 1. The molecule has 0 unspecified atom stereocenters. The summed E-state index contributed by atoms with van der Waals surface area (Å²) in [4.78, 5) is 12.6. The summed E-state index contributed by atoms with van der Waals surface area (Å²) in [6, 6.07) is 3.00. The molecule has 2 fully saturated rings. The van der Waals surface area contributed by atoms with Gasteiger partial charge >= 0.3 is 6.18 Å². The average Bonchev–Trinajstić information content (AvgIpc) is 2.66. The smallest absolute Gasteiger partial charge is 0.362 e. The molecule has 3 rings (SSSR count). The predicted molar refractivity (Wildman–Crippen MR) is 85.0 cm³/mol. The fourth-order valence-corrected chi connectivity index (χ4v) is 4.83. The minimum absolute atomic E-state index is 0.0446. The highest BCUT2D eigenvalue weighted by Gasteiger charge is 2.50. The first-order valence-electron chi connectivity index (χ1n) is 8.03. The van der Waals surface area contributed by atoms with Crippen LogP contribution < -0.4 is 4.90 Å². The second-order valence-corrected chi connectivity index (χ2v) is 8.30. The molecular formula is C17H21F3N2O2. The zero-order chi connectivity index (χ0) is 17.9. The number of nitrogens with zero attached hydrogens (tertiary/aromatic N) is 2. The van der Waals surface area contributed by atoms with E-state index >= 15 is 0 Å². The van der Waals surface area contributed by atoms with Crippen molar-refractivity contribution in [2.75, 3.05) is 11.4 Å². The Labute approximate surface area is 138 Å². The molecule has 1 aliphatic heterocycles. The number of nitro groups is 1. The Kier molecular flexibility index (Phi) is 3.62. The lowest BCUT2D eigenvalue weighted by Gasteiger charge is -2.39. The molecule has 1 saturated carbocycles. The Balaban J connectivity index is 2.03. The van der Waals surface area contributed by atoms with Crippen LogP contribution in [0.5, 0.6) is 0 Å². The topological polar surface area (TPSA) is 46.4 Å². The molecule has 2 aliphatic rings. The van der Waals surface area contributed by atoms with Gasteiger partial charge in [0.1, 0.15) is 5.69 Å². The van der Waals surface area contributed by atoms with Crippen LogP contribution in [0.1, 0.15) is 45.6 Å². The number of benzene rings is 1. The van der Waals surface area contributed by atoms with Gasteiger partial charge in [-0.2, -0.15) is 13.2 Å². The molecule has 1 aliphatic carbocycles. The summed E-state index contributed by atoms with van der Waals surface area (Å²) in [5.74, 6) is 0. The SMILES string of the molecule is CC1(C)C[C@@H]2C[C@](C)(CN2c2ccc(C(F)(F)F)cc2[N+](=O)[O-])C1. The van der Waals surface area contributed by atoms with Crippen LogP contribution in [0.4, 0.5) is 24.5 Å². The number of halogens is 3. The van der Waals surface area contributed by atoms with Gasteiger partial charge in [0.2, 0.25) is 0 Å². The van der Waals surface area contributed by atoms with Gasteiger partial charge in [0.05, 0.1) is 10.5 Å². The average molecular weight is 342 g/mol. The lowest BCUT2D eigenvalue weighted by atomic mass is 9.65. The van der Waals surface area contributed by atoms with Gasteiger partial charge in [-0.15, -0.1) is 0 Å². The van der Waals surface area contributed by atoms with Crippen LogP contribution in [0.15, 0.2) is 18.2 Å². The summed E-state index contributed by atoms with van der Waals surface area (Å²) in [6.07, 6.45) is -1.75. The molecule has 1 aromatic carbocycles.